The van der Waals surface area contributed by atoms with E-state index in [1.807, 2.05) is 19.1 Å². The summed E-state index contributed by atoms with van der Waals surface area (Å²) in [5.41, 5.74) is 1.95. The average Bonchev–Trinajstić information content (AvgIpc) is 2.84. The molecule has 0 amide bonds. The number of anilines is 1. The molecule has 1 N–H and O–H groups in total. The highest BCUT2D eigenvalue weighted by atomic mass is 16.6. The van der Waals surface area contributed by atoms with Gasteiger partial charge in [0.15, 0.2) is 0 Å². The van der Waals surface area contributed by atoms with E-state index < -0.39 is 0 Å². The number of aryl methyl sites for hydroxylation is 1. The Kier molecular flexibility index (Phi) is 3.49. The fourth-order valence-corrected chi connectivity index (χ4v) is 3.17. The van der Waals surface area contributed by atoms with E-state index >= 15 is 0 Å². The van der Waals surface area contributed by atoms with Crippen LogP contribution in [0.25, 0.3) is 10.8 Å². The molecule has 2 atom stereocenters. The van der Waals surface area contributed by atoms with E-state index in [1.165, 1.54) is 6.42 Å². The molecule has 1 heterocycles. The molecule has 5 nitrogen and oxygen atoms in total. The Balaban J connectivity index is 2.04. The molecule has 3 rings (SSSR count). The van der Waals surface area contributed by atoms with Gasteiger partial charge in [0.1, 0.15) is 0 Å². The fourth-order valence-electron chi connectivity index (χ4n) is 3.17. The van der Waals surface area contributed by atoms with Crippen molar-refractivity contribution in [2.75, 3.05) is 5.32 Å². The number of pyridine rings is 1. The first-order valence-corrected chi connectivity index (χ1v) is 7.35. The smallest absolute Gasteiger partial charge is 0.278 e. The summed E-state index contributed by atoms with van der Waals surface area (Å²) < 4.78 is 0. The third-order valence-corrected chi connectivity index (χ3v) is 4.27. The first-order chi connectivity index (χ1) is 10.0. The maximum atomic E-state index is 11.2. The van der Waals surface area contributed by atoms with Gasteiger partial charge in [-0.2, -0.15) is 0 Å². The summed E-state index contributed by atoms with van der Waals surface area (Å²) in [6.07, 6.45) is 5.15. The molecule has 0 aliphatic heterocycles. The molecule has 5 heteroatoms. The lowest BCUT2D eigenvalue weighted by molar-refractivity contribution is -0.383. The maximum absolute atomic E-state index is 11.2. The molecule has 1 aromatic heterocycles. The van der Waals surface area contributed by atoms with Crippen molar-refractivity contribution < 1.29 is 4.92 Å². The molecular weight excluding hydrogens is 266 g/mol. The summed E-state index contributed by atoms with van der Waals surface area (Å²) in [5.74, 6) is 0.746. The molecule has 2 unspecified atom stereocenters. The van der Waals surface area contributed by atoms with Crippen LogP contribution < -0.4 is 5.32 Å². The van der Waals surface area contributed by atoms with E-state index in [0.717, 1.165) is 35.5 Å². The number of nitro groups is 1. The monoisotopic (exact) mass is 285 g/mol. The van der Waals surface area contributed by atoms with Gasteiger partial charge in [0, 0.05) is 35.1 Å². The largest absolute Gasteiger partial charge is 0.382 e. The highest BCUT2D eigenvalue weighted by Gasteiger charge is 2.22. The second kappa shape index (κ2) is 5.31. The summed E-state index contributed by atoms with van der Waals surface area (Å²) in [5, 5.41) is 16.2. The SMILES string of the molecule is Cc1cc2c(NC3CCC(C)C3)ccc([N+](=O)[O-])c2cn1. The van der Waals surface area contributed by atoms with E-state index in [9.17, 15) is 10.1 Å². The van der Waals surface area contributed by atoms with Gasteiger partial charge in [-0.25, -0.2) is 0 Å². The zero-order valence-electron chi connectivity index (χ0n) is 12.3. The maximum Gasteiger partial charge on any atom is 0.278 e. The molecule has 2 aromatic rings. The number of hydrogen-bond donors (Lipinski definition) is 1. The standard InChI is InChI=1S/C16H19N3O2/c1-10-3-4-12(7-10)18-15-5-6-16(19(20)21)14-9-17-11(2)8-13(14)15/h5-6,8-10,12,18H,3-4,7H2,1-2H3. The number of hydrogen-bond acceptors (Lipinski definition) is 4. The zero-order valence-corrected chi connectivity index (χ0v) is 12.3. The van der Waals surface area contributed by atoms with Gasteiger partial charge in [-0.1, -0.05) is 6.92 Å². The van der Waals surface area contributed by atoms with E-state index in [2.05, 4.69) is 17.2 Å². The predicted molar refractivity (Wildman–Crippen MR) is 83.6 cm³/mol. The quantitative estimate of drug-likeness (QED) is 0.682. The number of nitrogens with zero attached hydrogens (tertiary/aromatic N) is 2. The van der Waals surface area contributed by atoms with Crippen LogP contribution >= 0.6 is 0 Å². The highest BCUT2D eigenvalue weighted by molar-refractivity contribution is 5.99. The number of fused-ring (bicyclic) bond motifs is 1. The molecule has 1 saturated carbocycles. The Morgan fingerprint density at radius 1 is 1.33 bits per heavy atom. The second-order valence-electron chi connectivity index (χ2n) is 6.02. The molecule has 0 radical (unpaired) electrons. The van der Waals surface area contributed by atoms with Gasteiger partial charge in [-0.05, 0) is 44.2 Å². The zero-order chi connectivity index (χ0) is 15.0. The molecule has 1 aromatic carbocycles. The van der Waals surface area contributed by atoms with Crippen LogP contribution in [0.1, 0.15) is 31.9 Å². The van der Waals surface area contributed by atoms with Crippen molar-refractivity contribution in [2.24, 2.45) is 5.92 Å². The van der Waals surface area contributed by atoms with Crippen molar-refractivity contribution in [1.29, 1.82) is 0 Å². The van der Waals surface area contributed by atoms with Gasteiger partial charge in [0.05, 0.1) is 10.3 Å². The summed E-state index contributed by atoms with van der Waals surface area (Å²) in [7, 11) is 0. The lowest BCUT2D eigenvalue weighted by Gasteiger charge is -2.16. The van der Waals surface area contributed by atoms with Crippen LogP contribution in [0.3, 0.4) is 0 Å². The first-order valence-electron chi connectivity index (χ1n) is 7.35. The predicted octanol–water partition coefficient (Wildman–Crippen LogP) is 4.05. The van der Waals surface area contributed by atoms with Gasteiger partial charge in [0.2, 0.25) is 0 Å². The normalized spacial score (nSPS) is 21.6. The van der Waals surface area contributed by atoms with E-state index in [-0.39, 0.29) is 10.6 Å². The Bertz CT molecular complexity index is 699. The number of benzene rings is 1. The van der Waals surface area contributed by atoms with Crippen molar-refractivity contribution >= 4 is 22.1 Å². The lowest BCUT2D eigenvalue weighted by Crippen LogP contribution is -2.15. The van der Waals surface area contributed by atoms with Crippen molar-refractivity contribution in [2.45, 2.75) is 39.2 Å². The second-order valence-corrected chi connectivity index (χ2v) is 6.02. The molecule has 0 saturated heterocycles. The van der Waals surface area contributed by atoms with Crippen LogP contribution in [-0.2, 0) is 0 Å². The topological polar surface area (TPSA) is 68.1 Å². The number of non-ortho nitro benzene ring substituents is 1. The summed E-state index contributed by atoms with van der Waals surface area (Å²) >= 11 is 0. The highest BCUT2D eigenvalue weighted by Crippen LogP contribution is 2.34. The van der Waals surface area contributed by atoms with Crippen LogP contribution in [0.15, 0.2) is 24.4 Å². The van der Waals surface area contributed by atoms with E-state index in [1.54, 1.807) is 12.3 Å². The Labute approximate surface area is 123 Å². The van der Waals surface area contributed by atoms with Crippen LogP contribution in [-0.4, -0.2) is 15.9 Å². The minimum Gasteiger partial charge on any atom is -0.382 e. The Hall–Kier alpha value is -2.17. The fraction of sp³-hybridized carbons (Fsp3) is 0.438. The van der Waals surface area contributed by atoms with Gasteiger partial charge >= 0.3 is 0 Å². The number of nitro benzene ring substituents is 1. The summed E-state index contributed by atoms with van der Waals surface area (Å²) in [4.78, 5) is 15.0. The van der Waals surface area contributed by atoms with E-state index in [4.69, 9.17) is 0 Å². The molecule has 0 spiro atoms. The van der Waals surface area contributed by atoms with Gasteiger partial charge in [-0.15, -0.1) is 0 Å². The van der Waals surface area contributed by atoms with Crippen molar-refractivity contribution in [1.82, 2.24) is 4.98 Å². The molecule has 1 fully saturated rings. The minimum absolute atomic E-state index is 0.114. The van der Waals surface area contributed by atoms with Crippen LogP contribution in [0.4, 0.5) is 11.4 Å². The van der Waals surface area contributed by atoms with Crippen molar-refractivity contribution in [3.63, 3.8) is 0 Å². The average molecular weight is 285 g/mol. The Morgan fingerprint density at radius 2 is 2.14 bits per heavy atom. The molecule has 21 heavy (non-hydrogen) atoms. The number of nitrogens with one attached hydrogen (secondary N) is 1. The third-order valence-electron chi connectivity index (χ3n) is 4.27. The van der Waals surface area contributed by atoms with Gasteiger partial charge in [0.25, 0.3) is 5.69 Å². The number of aromatic nitrogens is 1. The third kappa shape index (κ3) is 2.68. The molecule has 0 bridgehead atoms. The van der Waals surface area contributed by atoms with Crippen LogP contribution in [0.2, 0.25) is 0 Å². The first kappa shape index (κ1) is 13.8. The summed E-state index contributed by atoms with van der Waals surface area (Å²) in [6.45, 7) is 4.17. The minimum atomic E-state index is -0.346. The van der Waals surface area contributed by atoms with E-state index in [0.29, 0.717) is 11.4 Å². The van der Waals surface area contributed by atoms with Gasteiger partial charge < -0.3 is 5.32 Å². The van der Waals surface area contributed by atoms with Crippen molar-refractivity contribution in [3.8, 4) is 0 Å². The van der Waals surface area contributed by atoms with Crippen molar-refractivity contribution in [3.05, 3.63) is 40.2 Å². The molecule has 1 aliphatic carbocycles. The molecule has 1 aliphatic rings. The number of rotatable bonds is 3. The lowest BCUT2D eigenvalue weighted by atomic mass is 10.1. The van der Waals surface area contributed by atoms with Crippen LogP contribution in [0, 0.1) is 23.0 Å². The summed E-state index contributed by atoms with van der Waals surface area (Å²) in [6, 6.07) is 5.77. The molecular formula is C16H19N3O2. The van der Waals surface area contributed by atoms with Crippen LogP contribution in [0.5, 0.6) is 0 Å². The Morgan fingerprint density at radius 3 is 2.81 bits per heavy atom. The van der Waals surface area contributed by atoms with Gasteiger partial charge in [-0.3, -0.25) is 15.1 Å². The molecule has 110 valence electrons.